The van der Waals surface area contributed by atoms with E-state index in [4.69, 9.17) is 4.74 Å². The Hall–Kier alpha value is -1.98. The zero-order valence-electron chi connectivity index (χ0n) is 13.6. The van der Waals surface area contributed by atoms with E-state index in [1.807, 2.05) is 18.3 Å². The van der Waals surface area contributed by atoms with E-state index in [-0.39, 0.29) is 11.6 Å². The molecule has 1 aromatic heterocycles. The maximum Gasteiger partial charge on any atom is 0.174 e. The average molecular weight is 315 g/mol. The molecule has 1 saturated heterocycles. The lowest BCUT2D eigenvalue weighted by molar-refractivity contribution is 0.148. The van der Waals surface area contributed by atoms with Crippen molar-refractivity contribution < 1.29 is 9.13 Å². The highest BCUT2D eigenvalue weighted by Crippen LogP contribution is 2.27. The molecule has 2 heterocycles. The SMILES string of the molecule is COc1cccc(-c2ccc(CN3CCN(C)CC3)cn2)c1F. The van der Waals surface area contributed by atoms with E-state index >= 15 is 0 Å². The molecule has 1 fully saturated rings. The molecule has 5 heteroatoms. The van der Waals surface area contributed by atoms with Crippen molar-refractivity contribution in [2.75, 3.05) is 40.3 Å². The minimum Gasteiger partial charge on any atom is -0.494 e. The molecule has 0 saturated carbocycles. The van der Waals surface area contributed by atoms with Gasteiger partial charge in [-0.1, -0.05) is 12.1 Å². The third kappa shape index (κ3) is 3.68. The van der Waals surface area contributed by atoms with E-state index in [1.165, 1.54) is 7.11 Å². The zero-order chi connectivity index (χ0) is 16.2. The molecule has 0 unspecified atom stereocenters. The molecule has 0 atom stereocenters. The number of rotatable bonds is 4. The first kappa shape index (κ1) is 15.9. The predicted octanol–water partition coefficient (Wildman–Crippen LogP) is 2.64. The fraction of sp³-hybridized carbons (Fsp3) is 0.389. The third-order valence-electron chi connectivity index (χ3n) is 4.29. The predicted molar refractivity (Wildman–Crippen MR) is 89.0 cm³/mol. The van der Waals surface area contributed by atoms with Gasteiger partial charge in [-0.2, -0.15) is 0 Å². The van der Waals surface area contributed by atoms with Gasteiger partial charge < -0.3 is 9.64 Å². The largest absolute Gasteiger partial charge is 0.494 e. The number of hydrogen-bond donors (Lipinski definition) is 0. The molecule has 122 valence electrons. The molecule has 1 aliphatic rings. The Morgan fingerprint density at radius 2 is 1.91 bits per heavy atom. The molecule has 0 radical (unpaired) electrons. The van der Waals surface area contributed by atoms with E-state index in [2.05, 4.69) is 21.8 Å². The Morgan fingerprint density at radius 1 is 1.13 bits per heavy atom. The van der Waals surface area contributed by atoms with Gasteiger partial charge in [0.1, 0.15) is 0 Å². The van der Waals surface area contributed by atoms with Crippen LogP contribution in [0.3, 0.4) is 0 Å². The highest BCUT2D eigenvalue weighted by molar-refractivity contribution is 5.62. The Balaban J connectivity index is 1.72. The molecule has 3 rings (SSSR count). The molecular weight excluding hydrogens is 293 g/mol. The first-order chi connectivity index (χ1) is 11.2. The summed E-state index contributed by atoms with van der Waals surface area (Å²) in [6.07, 6.45) is 1.84. The number of benzene rings is 1. The lowest BCUT2D eigenvalue weighted by Gasteiger charge is -2.32. The summed E-state index contributed by atoms with van der Waals surface area (Å²) in [5.41, 5.74) is 2.25. The molecule has 1 aliphatic heterocycles. The summed E-state index contributed by atoms with van der Waals surface area (Å²) >= 11 is 0. The van der Waals surface area contributed by atoms with Gasteiger partial charge in [-0.05, 0) is 30.8 Å². The molecule has 0 amide bonds. The van der Waals surface area contributed by atoms with Crippen LogP contribution < -0.4 is 4.74 Å². The Morgan fingerprint density at radius 3 is 2.57 bits per heavy atom. The van der Waals surface area contributed by atoms with Crippen LogP contribution in [0.1, 0.15) is 5.56 Å². The Labute approximate surface area is 136 Å². The first-order valence-electron chi connectivity index (χ1n) is 7.86. The fourth-order valence-electron chi connectivity index (χ4n) is 2.81. The zero-order valence-corrected chi connectivity index (χ0v) is 13.6. The maximum absolute atomic E-state index is 14.3. The standard InChI is InChI=1S/C18H22FN3O/c1-21-8-10-22(11-9-21)13-14-6-7-16(20-12-14)15-4-3-5-17(23-2)18(15)19/h3-7,12H,8-11,13H2,1-2H3. The second kappa shape index (κ2) is 7.06. The summed E-state index contributed by atoms with van der Waals surface area (Å²) in [4.78, 5) is 9.19. The summed E-state index contributed by atoms with van der Waals surface area (Å²) in [5.74, 6) is -0.125. The lowest BCUT2D eigenvalue weighted by atomic mass is 10.1. The van der Waals surface area contributed by atoms with E-state index < -0.39 is 0 Å². The van der Waals surface area contributed by atoms with E-state index in [0.29, 0.717) is 11.3 Å². The summed E-state index contributed by atoms with van der Waals surface area (Å²) in [7, 11) is 3.62. The van der Waals surface area contributed by atoms with Crippen molar-refractivity contribution in [3.8, 4) is 17.0 Å². The number of piperazine rings is 1. The highest BCUT2D eigenvalue weighted by Gasteiger charge is 2.15. The van der Waals surface area contributed by atoms with Gasteiger partial charge in [0.25, 0.3) is 0 Å². The van der Waals surface area contributed by atoms with Crippen LogP contribution >= 0.6 is 0 Å². The maximum atomic E-state index is 14.3. The van der Waals surface area contributed by atoms with Gasteiger partial charge in [-0.25, -0.2) is 4.39 Å². The number of nitrogens with zero attached hydrogens (tertiary/aromatic N) is 3. The number of aromatic nitrogens is 1. The molecule has 0 spiro atoms. The number of methoxy groups -OCH3 is 1. The molecule has 4 nitrogen and oxygen atoms in total. The van der Waals surface area contributed by atoms with Gasteiger partial charge in [0.05, 0.1) is 12.8 Å². The molecule has 0 N–H and O–H groups in total. The van der Waals surface area contributed by atoms with E-state index in [9.17, 15) is 4.39 Å². The van der Waals surface area contributed by atoms with E-state index in [1.54, 1.807) is 18.2 Å². The highest BCUT2D eigenvalue weighted by atomic mass is 19.1. The van der Waals surface area contributed by atoms with Crippen LogP contribution in [0.15, 0.2) is 36.5 Å². The summed E-state index contributed by atoms with van der Waals surface area (Å²) in [5, 5.41) is 0. The minimum atomic E-state index is -0.366. The van der Waals surface area contributed by atoms with Crippen molar-refractivity contribution in [3.05, 3.63) is 47.9 Å². The normalized spacial score (nSPS) is 16.5. The molecule has 0 bridgehead atoms. The monoisotopic (exact) mass is 315 g/mol. The second-order valence-corrected chi connectivity index (χ2v) is 5.95. The quantitative estimate of drug-likeness (QED) is 0.867. The van der Waals surface area contributed by atoms with Crippen molar-refractivity contribution in [1.29, 1.82) is 0 Å². The van der Waals surface area contributed by atoms with Crippen molar-refractivity contribution in [1.82, 2.24) is 14.8 Å². The first-order valence-corrected chi connectivity index (χ1v) is 7.86. The molecule has 0 aliphatic carbocycles. The van der Waals surface area contributed by atoms with Gasteiger partial charge in [0, 0.05) is 44.5 Å². The summed E-state index contributed by atoms with van der Waals surface area (Å²) in [6, 6.07) is 9.01. The number of likely N-dealkylation sites (N-methyl/N-ethyl adjacent to an activating group) is 1. The second-order valence-electron chi connectivity index (χ2n) is 5.95. The van der Waals surface area contributed by atoms with E-state index in [0.717, 1.165) is 38.3 Å². The van der Waals surface area contributed by atoms with Gasteiger partial charge >= 0.3 is 0 Å². The summed E-state index contributed by atoms with van der Waals surface area (Å²) in [6.45, 7) is 5.23. The lowest BCUT2D eigenvalue weighted by Crippen LogP contribution is -2.43. The topological polar surface area (TPSA) is 28.6 Å². The molecular formula is C18H22FN3O. The average Bonchev–Trinajstić information content (AvgIpc) is 2.58. The smallest absolute Gasteiger partial charge is 0.174 e. The van der Waals surface area contributed by atoms with Crippen molar-refractivity contribution in [2.24, 2.45) is 0 Å². The van der Waals surface area contributed by atoms with Crippen LogP contribution in [0.5, 0.6) is 5.75 Å². The van der Waals surface area contributed by atoms with Gasteiger partial charge in [-0.3, -0.25) is 9.88 Å². The van der Waals surface area contributed by atoms with Crippen LogP contribution in [0, 0.1) is 5.82 Å². The molecule has 1 aromatic carbocycles. The fourth-order valence-corrected chi connectivity index (χ4v) is 2.81. The Bertz CT molecular complexity index is 652. The van der Waals surface area contributed by atoms with Gasteiger partial charge in [0.2, 0.25) is 0 Å². The number of pyridine rings is 1. The van der Waals surface area contributed by atoms with Gasteiger partial charge in [-0.15, -0.1) is 0 Å². The van der Waals surface area contributed by atoms with Gasteiger partial charge in [0.15, 0.2) is 11.6 Å². The van der Waals surface area contributed by atoms with Crippen LogP contribution in [0.2, 0.25) is 0 Å². The molecule has 2 aromatic rings. The minimum absolute atomic E-state index is 0.241. The van der Waals surface area contributed by atoms with Crippen LogP contribution in [-0.2, 0) is 6.54 Å². The van der Waals surface area contributed by atoms with Crippen LogP contribution in [0.25, 0.3) is 11.3 Å². The third-order valence-corrected chi connectivity index (χ3v) is 4.29. The number of halogens is 1. The van der Waals surface area contributed by atoms with Crippen molar-refractivity contribution in [2.45, 2.75) is 6.54 Å². The van der Waals surface area contributed by atoms with Crippen LogP contribution in [-0.4, -0.2) is 55.1 Å². The summed E-state index contributed by atoms with van der Waals surface area (Å²) < 4.78 is 19.3. The van der Waals surface area contributed by atoms with Crippen LogP contribution in [0.4, 0.5) is 4.39 Å². The van der Waals surface area contributed by atoms with Crippen molar-refractivity contribution in [3.63, 3.8) is 0 Å². The molecule has 23 heavy (non-hydrogen) atoms. The number of ether oxygens (including phenoxy) is 1. The number of hydrogen-bond acceptors (Lipinski definition) is 4. The Kier molecular flexibility index (Phi) is 4.88. The van der Waals surface area contributed by atoms with Crippen molar-refractivity contribution >= 4 is 0 Å².